The third kappa shape index (κ3) is 5.10. The number of hydrogen-bond donors (Lipinski definition) is 2. The van der Waals surface area contributed by atoms with Gasteiger partial charge < -0.3 is 15.8 Å². The van der Waals surface area contributed by atoms with Gasteiger partial charge in [0.15, 0.2) is 11.6 Å². The van der Waals surface area contributed by atoms with Crippen molar-refractivity contribution in [3.05, 3.63) is 54.6 Å². The van der Waals surface area contributed by atoms with Gasteiger partial charge in [-0.15, -0.1) is 0 Å². The molecule has 23 heavy (non-hydrogen) atoms. The number of hydrogen-bond acceptors (Lipinski definition) is 4. The summed E-state index contributed by atoms with van der Waals surface area (Å²) < 4.78 is 19.0. The summed E-state index contributed by atoms with van der Waals surface area (Å²) in [5.41, 5.74) is 5.66. The van der Waals surface area contributed by atoms with Gasteiger partial charge in [0.1, 0.15) is 0 Å². The Morgan fingerprint density at radius 3 is 3.04 bits per heavy atom. The zero-order valence-corrected chi connectivity index (χ0v) is 13.0. The Morgan fingerprint density at radius 2 is 2.30 bits per heavy atom. The normalized spacial score (nSPS) is 18.2. The number of rotatable bonds is 7. The van der Waals surface area contributed by atoms with Crippen molar-refractivity contribution in [1.82, 2.24) is 10.2 Å². The fourth-order valence-electron chi connectivity index (χ4n) is 2.53. The molecular formula is C17H22FN3O2. The number of carbonyl (C=O) groups is 1. The van der Waals surface area contributed by atoms with Crippen LogP contribution in [0, 0.1) is 11.7 Å². The highest BCUT2D eigenvalue weighted by atomic mass is 19.1. The first-order valence-corrected chi connectivity index (χ1v) is 7.55. The molecule has 1 fully saturated rings. The van der Waals surface area contributed by atoms with Crippen LogP contribution in [0.2, 0.25) is 0 Å². The van der Waals surface area contributed by atoms with E-state index in [1.807, 2.05) is 0 Å². The second-order valence-electron chi connectivity index (χ2n) is 5.57. The maximum atomic E-state index is 13.5. The molecule has 124 valence electrons. The SMILES string of the molecule is C=C(CN1CCC(COc2ccccc2F)C1)C(=O)N/C=C\N. The average Bonchev–Trinajstić information content (AvgIpc) is 2.99. The Morgan fingerprint density at radius 1 is 1.52 bits per heavy atom. The van der Waals surface area contributed by atoms with Crippen LogP contribution in [-0.4, -0.2) is 37.0 Å². The maximum Gasteiger partial charge on any atom is 0.251 e. The minimum absolute atomic E-state index is 0.238. The van der Waals surface area contributed by atoms with Crippen LogP contribution in [-0.2, 0) is 4.79 Å². The van der Waals surface area contributed by atoms with Gasteiger partial charge >= 0.3 is 0 Å². The predicted molar refractivity (Wildman–Crippen MR) is 87.1 cm³/mol. The van der Waals surface area contributed by atoms with Crippen LogP contribution in [0.3, 0.4) is 0 Å². The van der Waals surface area contributed by atoms with E-state index in [1.165, 1.54) is 18.5 Å². The molecule has 1 aromatic carbocycles. The number of nitrogens with zero attached hydrogens (tertiary/aromatic N) is 1. The highest BCUT2D eigenvalue weighted by Gasteiger charge is 2.24. The van der Waals surface area contributed by atoms with Crippen LogP contribution in [0.1, 0.15) is 6.42 Å². The van der Waals surface area contributed by atoms with Crippen LogP contribution < -0.4 is 15.8 Å². The molecule has 1 aromatic rings. The summed E-state index contributed by atoms with van der Waals surface area (Å²) in [6, 6.07) is 6.39. The van der Waals surface area contributed by atoms with E-state index in [0.29, 0.717) is 24.6 Å². The first kappa shape index (κ1) is 17.0. The second kappa shape index (κ2) is 8.33. The third-order valence-electron chi connectivity index (χ3n) is 3.73. The Balaban J connectivity index is 1.74. The molecule has 1 aliphatic rings. The van der Waals surface area contributed by atoms with Crippen LogP contribution in [0.25, 0.3) is 0 Å². The fraction of sp³-hybridized carbons (Fsp3) is 0.353. The van der Waals surface area contributed by atoms with Crippen molar-refractivity contribution in [2.24, 2.45) is 11.7 Å². The van der Waals surface area contributed by atoms with Crippen LogP contribution in [0.5, 0.6) is 5.75 Å². The lowest BCUT2D eigenvalue weighted by atomic mass is 10.1. The molecule has 0 spiro atoms. The lowest BCUT2D eigenvalue weighted by Gasteiger charge is -2.17. The Kier molecular flexibility index (Phi) is 6.17. The predicted octanol–water partition coefficient (Wildman–Crippen LogP) is 1.63. The molecule has 0 saturated carbocycles. The molecule has 3 N–H and O–H groups in total. The molecule has 1 atom stereocenters. The molecule has 5 nitrogen and oxygen atoms in total. The largest absolute Gasteiger partial charge is 0.490 e. The zero-order valence-electron chi connectivity index (χ0n) is 13.0. The van der Waals surface area contributed by atoms with Crippen molar-refractivity contribution in [2.45, 2.75) is 6.42 Å². The quantitative estimate of drug-likeness (QED) is 0.750. The number of carbonyl (C=O) groups excluding carboxylic acids is 1. The van der Waals surface area contributed by atoms with Crippen molar-refractivity contribution < 1.29 is 13.9 Å². The molecule has 1 aliphatic heterocycles. The van der Waals surface area contributed by atoms with Gasteiger partial charge in [-0.25, -0.2) is 4.39 Å². The number of ether oxygens (including phenoxy) is 1. The lowest BCUT2D eigenvalue weighted by molar-refractivity contribution is -0.116. The summed E-state index contributed by atoms with van der Waals surface area (Å²) in [7, 11) is 0. The minimum Gasteiger partial charge on any atom is -0.490 e. The number of likely N-dealkylation sites (tertiary alicyclic amines) is 1. The van der Waals surface area contributed by atoms with Gasteiger partial charge in [0.05, 0.1) is 6.61 Å². The summed E-state index contributed by atoms with van der Waals surface area (Å²) in [5, 5.41) is 2.53. The minimum atomic E-state index is -0.347. The van der Waals surface area contributed by atoms with Gasteiger partial charge in [0.25, 0.3) is 5.91 Å². The first-order chi connectivity index (χ1) is 11.1. The van der Waals surface area contributed by atoms with Crippen molar-refractivity contribution in [3.8, 4) is 5.75 Å². The van der Waals surface area contributed by atoms with E-state index in [1.54, 1.807) is 18.2 Å². The third-order valence-corrected chi connectivity index (χ3v) is 3.73. The van der Waals surface area contributed by atoms with Crippen LogP contribution in [0.4, 0.5) is 4.39 Å². The van der Waals surface area contributed by atoms with E-state index in [-0.39, 0.29) is 17.5 Å². The molecule has 1 unspecified atom stereocenters. The van der Waals surface area contributed by atoms with Gasteiger partial charge in [-0.1, -0.05) is 18.7 Å². The lowest BCUT2D eigenvalue weighted by Crippen LogP contribution is -2.30. The number of benzene rings is 1. The van der Waals surface area contributed by atoms with Gasteiger partial charge in [0.2, 0.25) is 0 Å². The fourth-order valence-corrected chi connectivity index (χ4v) is 2.53. The van der Waals surface area contributed by atoms with E-state index in [0.717, 1.165) is 19.5 Å². The molecule has 0 aromatic heterocycles. The zero-order chi connectivity index (χ0) is 16.7. The second-order valence-corrected chi connectivity index (χ2v) is 5.57. The highest BCUT2D eigenvalue weighted by molar-refractivity contribution is 5.93. The number of halogens is 1. The number of amides is 1. The Bertz CT molecular complexity index is 589. The molecule has 1 amide bonds. The first-order valence-electron chi connectivity index (χ1n) is 7.55. The van der Waals surface area contributed by atoms with Gasteiger partial charge in [-0.2, -0.15) is 0 Å². The van der Waals surface area contributed by atoms with Crippen molar-refractivity contribution >= 4 is 5.91 Å². The molecule has 0 aliphatic carbocycles. The maximum absolute atomic E-state index is 13.5. The van der Waals surface area contributed by atoms with E-state index >= 15 is 0 Å². The van der Waals surface area contributed by atoms with Gasteiger partial charge in [-0.3, -0.25) is 9.69 Å². The van der Waals surface area contributed by atoms with E-state index in [4.69, 9.17) is 10.5 Å². The molecule has 6 heteroatoms. The van der Waals surface area contributed by atoms with Crippen LogP contribution in [0.15, 0.2) is 48.8 Å². The summed E-state index contributed by atoms with van der Waals surface area (Å²) in [6.45, 7) is 6.42. The average molecular weight is 319 g/mol. The molecule has 0 bridgehead atoms. The van der Waals surface area contributed by atoms with Crippen molar-refractivity contribution in [1.29, 1.82) is 0 Å². The number of para-hydroxylation sites is 1. The topological polar surface area (TPSA) is 67.6 Å². The Labute approximate surface area is 135 Å². The number of nitrogens with one attached hydrogen (secondary N) is 1. The van der Waals surface area contributed by atoms with Crippen molar-refractivity contribution in [3.63, 3.8) is 0 Å². The van der Waals surface area contributed by atoms with Gasteiger partial charge in [-0.05, 0) is 25.1 Å². The van der Waals surface area contributed by atoms with E-state index in [2.05, 4.69) is 16.8 Å². The van der Waals surface area contributed by atoms with Gasteiger partial charge in [0, 0.05) is 37.0 Å². The van der Waals surface area contributed by atoms with E-state index < -0.39 is 0 Å². The highest BCUT2D eigenvalue weighted by Crippen LogP contribution is 2.21. The molecule has 0 radical (unpaired) electrons. The number of nitrogens with two attached hydrogens (primary N) is 1. The molecule has 1 saturated heterocycles. The Hall–Kier alpha value is -2.34. The molecule has 2 rings (SSSR count). The summed E-state index contributed by atoms with van der Waals surface area (Å²) >= 11 is 0. The summed E-state index contributed by atoms with van der Waals surface area (Å²) in [4.78, 5) is 13.9. The molecular weight excluding hydrogens is 297 g/mol. The molecule has 1 heterocycles. The smallest absolute Gasteiger partial charge is 0.251 e. The summed E-state index contributed by atoms with van der Waals surface area (Å²) in [6.07, 6.45) is 3.59. The summed E-state index contributed by atoms with van der Waals surface area (Å²) in [5.74, 6) is 0.0100. The van der Waals surface area contributed by atoms with E-state index in [9.17, 15) is 9.18 Å². The van der Waals surface area contributed by atoms with Crippen LogP contribution >= 0.6 is 0 Å². The monoisotopic (exact) mass is 319 g/mol. The van der Waals surface area contributed by atoms with Crippen molar-refractivity contribution in [2.75, 3.05) is 26.2 Å². The standard InChI is InChI=1S/C17H22FN3O2/c1-13(17(22)20-8-7-19)10-21-9-6-14(11-21)12-23-16-5-3-2-4-15(16)18/h2-5,7-8,14H,1,6,9-12,19H2,(H,20,22)/b8-7-.